The molecule has 1 N–H and O–H groups in total. The molecule has 1 unspecified atom stereocenters. The summed E-state index contributed by atoms with van der Waals surface area (Å²) in [5, 5.41) is 3.13. The van der Waals surface area contributed by atoms with E-state index in [4.69, 9.17) is 4.42 Å². The molecule has 0 aliphatic heterocycles. The van der Waals surface area contributed by atoms with E-state index in [0.29, 0.717) is 6.04 Å². The fourth-order valence-electron chi connectivity index (χ4n) is 1.01. The highest BCUT2D eigenvalue weighted by molar-refractivity contribution is 5.43. The lowest BCUT2D eigenvalue weighted by molar-refractivity contribution is 0.507. The van der Waals surface area contributed by atoms with Crippen molar-refractivity contribution >= 4 is 6.08 Å². The molecule has 0 bridgehead atoms. The molecule has 1 atom stereocenters. The summed E-state index contributed by atoms with van der Waals surface area (Å²) in [6, 6.07) is 4.40. The second kappa shape index (κ2) is 4.87. The van der Waals surface area contributed by atoms with Gasteiger partial charge in [-0.25, -0.2) is 0 Å². The van der Waals surface area contributed by atoms with Crippen LogP contribution in [-0.4, -0.2) is 13.1 Å². The molecule has 13 heavy (non-hydrogen) atoms. The van der Waals surface area contributed by atoms with Crippen LogP contribution >= 0.6 is 0 Å². The zero-order valence-electron chi connectivity index (χ0n) is 8.50. The summed E-state index contributed by atoms with van der Waals surface area (Å²) >= 11 is 0. The van der Waals surface area contributed by atoms with Crippen LogP contribution in [0.4, 0.5) is 0 Å². The number of hydrogen-bond acceptors (Lipinski definition) is 2. The molecule has 0 aliphatic carbocycles. The Hall–Kier alpha value is -1.02. The third-order valence-corrected chi connectivity index (χ3v) is 2.04. The molecule has 0 fully saturated rings. The first-order valence-electron chi connectivity index (χ1n) is 4.70. The fraction of sp³-hybridized carbons (Fsp3) is 0.455. The molecule has 0 amide bonds. The average Bonchev–Trinajstić information content (AvgIpc) is 2.61. The largest absolute Gasteiger partial charge is 0.462 e. The first kappa shape index (κ1) is 10.1. The van der Waals surface area contributed by atoms with E-state index >= 15 is 0 Å². The van der Waals surface area contributed by atoms with Crippen LogP contribution in [0.25, 0.3) is 6.08 Å². The maximum atomic E-state index is 5.51. The van der Waals surface area contributed by atoms with E-state index in [-0.39, 0.29) is 0 Å². The Kier molecular flexibility index (Phi) is 3.77. The van der Waals surface area contributed by atoms with Crippen LogP contribution in [0.3, 0.4) is 0 Å². The number of nitrogens with one attached hydrogen (secondary N) is 1. The van der Waals surface area contributed by atoms with E-state index in [2.05, 4.69) is 25.2 Å². The average molecular weight is 179 g/mol. The van der Waals surface area contributed by atoms with Gasteiger partial charge in [-0.1, -0.05) is 13.0 Å². The molecule has 1 aromatic heterocycles. The highest BCUT2D eigenvalue weighted by Gasteiger charge is 1.96. The van der Waals surface area contributed by atoms with Gasteiger partial charge < -0.3 is 9.73 Å². The van der Waals surface area contributed by atoms with Crippen molar-refractivity contribution in [3.8, 4) is 0 Å². The predicted molar refractivity (Wildman–Crippen MR) is 55.6 cm³/mol. The highest BCUT2D eigenvalue weighted by atomic mass is 16.3. The molecule has 0 aliphatic rings. The maximum Gasteiger partial charge on any atom is 0.126 e. The van der Waals surface area contributed by atoms with E-state index in [1.54, 1.807) is 0 Å². The Morgan fingerprint density at radius 2 is 2.31 bits per heavy atom. The summed E-state index contributed by atoms with van der Waals surface area (Å²) in [7, 11) is 1.94. The van der Waals surface area contributed by atoms with Gasteiger partial charge in [0.05, 0.1) is 0 Å². The van der Waals surface area contributed by atoms with Crippen molar-refractivity contribution in [2.45, 2.75) is 26.3 Å². The Morgan fingerprint density at radius 3 is 2.85 bits per heavy atom. The third-order valence-electron chi connectivity index (χ3n) is 2.04. The highest BCUT2D eigenvalue weighted by Crippen LogP contribution is 2.10. The summed E-state index contributed by atoms with van der Waals surface area (Å²) in [5.74, 6) is 1.97. The van der Waals surface area contributed by atoms with Gasteiger partial charge in [-0.3, -0.25) is 0 Å². The molecular formula is C11H17NO. The normalized spacial score (nSPS) is 13.8. The standard InChI is InChI=1S/C11H17NO/c1-4-10-7-8-11(13-10)6-5-9(2)12-3/h5-9,12H,4H2,1-3H3/b6-5+. The zero-order valence-corrected chi connectivity index (χ0v) is 8.50. The topological polar surface area (TPSA) is 25.2 Å². The molecule has 2 heteroatoms. The van der Waals surface area contributed by atoms with Gasteiger partial charge in [0, 0.05) is 12.5 Å². The molecule has 0 radical (unpaired) electrons. The van der Waals surface area contributed by atoms with Gasteiger partial charge in [0.15, 0.2) is 0 Å². The van der Waals surface area contributed by atoms with Crippen LogP contribution < -0.4 is 5.32 Å². The molecule has 0 spiro atoms. The van der Waals surface area contributed by atoms with Gasteiger partial charge in [-0.2, -0.15) is 0 Å². The monoisotopic (exact) mass is 179 g/mol. The molecule has 0 saturated carbocycles. The molecule has 1 heterocycles. The molecule has 1 rings (SSSR count). The van der Waals surface area contributed by atoms with Crippen molar-refractivity contribution in [3.05, 3.63) is 29.7 Å². The fourth-order valence-corrected chi connectivity index (χ4v) is 1.01. The van der Waals surface area contributed by atoms with Crippen LogP contribution in [0.1, 0.15) is 25.4 Å². The van der Waals surface area contributed by atoms with E-state index in [1.807, 2.05) is 25.3 Å². The predicted octanol–water partition coefficient (Wildman–Crippen LogP) is 2.46. The number of likely N-dealkylation sites (N-methyl/N-ethyl adjacent to an activating group) is 1. The van der Waals surface area contributed by atoms with Crippen molar-refractivity contribution in [2.75, 3.05) is 7.05 Å². The summed E-state index contributed by atoms with van der Waals surface area (Å²) in [6.45, 7) is 4.18. The Balaban J connectivity index is 2.58. The number of furan rings is 1. The second-order valence-electron chi connectivity index (χ2n) is 3.09. The van der Waals surface area contributed by atoms with Crippen molar-refractivity contribution in [1.82, 2.24) is 5.32 Å². The van der Waals surface area contributed by atoms with Gasteiger partial charge in [0.2, 0.25) is 0 Å². The number of rotatable bonds is 4. The van der Waals surface area contributed by atoms with Crippen LogP contribution in [0.15, 0.2) is 22.6 Å². The summed E-state index contributed by atoms with van der Waals surface area (Å²) in [6.07, 6.45) is 5.04. The van der Waals surface area contributed by atoms with Gasteiger partial charge in [0.1, 0.15) is 11.5 Å². The van der Waals surface area contributed by atoms with Gasteiger partial charge in [-0.15, -0.1) is 0 Å². The second-order valence-corrected chi connectivity index (χ2v) is 3.09. The minimum absolute atomic E-state index is 0.384. The first-order chi connectivity index (χ1) is 6.26. The van der Waals surface area contributed by atoms with Crippen LogP contribution in [0.5, 0.6) is 0 Å². The maximum absolute atomic E-state index is 5.51. The van der Waals surface area contributed by atoms with Crippen molar-refractivity contribution in [3.63, 3.8) is 0 Å². The van der Waals surface area contributed by atoms with E-state index in [1.165, 1.54) is 0 Å². The lowest BCUT2D eigenvalue weighted by Gasteiger charge is -2.00. The van der Waals surface area contributed by atoms with E-state index < -0.39 is 0 Å². The van der Waals surface area contributed by atoms with E-state index in [0.717, 1.165) is 17.9 Å². The third kappa shape index (κ3) is 3.07. The van der Waals surface area contributed by atoms with Crippen LogP contribution in [-0.2, 0) is 6.42 Å². The molecule has 1 aromatic rings. The van der Waals surface area contributed by atoms with Gasteiger partial charge in [0.25, 0.3) is 0 Å². The molecule has 72 valence electrons. The minimum atomic E-state index is 0.384. The zero-order chi connectivity index (χ0) is 9.68. The molecule has 2 nitrogen and oxygen atoms in total. The van der Waals surface area contributed by atoms with E-state index in [9.17, 15) is 0 Å². The number of aryl methyl sites for hydroxylation is 1. The lowest BCUT2D eigenvalue weighted by atomic mass is 10.3. The molecular weight excluding hydrogens is 162 g/mol. The van der Waals surface area contributed by atoms with Crippen molar-refractivity contribution < 1.29 is 4.42 Å². The quantitative estimate of drug-likeness (QED) is 0.768. The van der Waals surface area contributed by atoms with Gasteiger partial charge in [-0.05, 0) is 32.2 Å². The van der Waals surface area contributed by atoms with Crippen LogP contribution in [0.2, 0.25) is 0 Å². The van der Waals surface area contributed by atoms with Crippen LogP contribution in [0, 0.1) is 0 Å². The van der Waals surface area contributed by atoms with Crippen molar-refractivity contribution in [2.24, 2.45) is 0 Å². The summed E-state index contributed by atoms with van der Waals surface area (Å²) in [4.78, 5) is 0. The van der Waals surface area contributed by atoms with Crippen molar-refractivity contribution in [1.29, 1.82) is 0 Å². The minimum Gasteiger partial charge on any atom is -0.462 e. The first-order valence-corrected chi connectivity index (χ1v) is 4.70. The number of hydrogen-bond donors (Lipinski definition) is 1. The Bertz CT molecular complexity index is 275. The summed E-state index contributed by atoms with van der Waals surface area (Å²) in [5.41, 5.74) is 0. The SMILES string of the molecule is CCc1ccc(/C=C/C(C)NC)o1. The Morgan fingerprint density at radius 1 is 1.54 bits per heavy atom. The lowest BCUT2D eigenvalue weighted by Crippen LogP contribution is -2.17. The molecule has 0 saturated heterocycles. The molecule has 0 aromatic carbocycles. The Labute approximate surface area is 79.6 Å². The summed E-state index contributed by atoms with van der Waals surface area (Å²) < 4.78 is 5.51. The van der Waals surface area contributed by atoms with Gasteiger partial charge >= 0.3 is 0 Å². The smallest absolute Gasteiger partial charge is 0.126 e.